The average molecular weight is 343 g/mol. The second-order valence-corrected chi connectivity index (χ2v) is 5.56. The molecule has 0 aliphatic carbocycles. The van der Waals surface area contributed by atoms with Gasteiger partial charge >= 0.3 is 5.97 Å². The Balaban J connectivity index is 2.37. The van der Waals surface area contributed by atoms with Crippen LogP contribution in [0.3, 0.4) is 0 Å². The third-order valence-electron chi connectivity index (χ3n) is 3.79. The summed E-state index contributed by atoms with van der Waals surface area (Å²) in [5.41, 5.74) is 1.93. The molecular formula is C19H21NO5. The lowest BCUT2D eigenvalue weighted by Gasteiger charge is -2.22. The molecule has 0 atom stereocenters. The number of aryl methyl sites for hydroxylation is 1. The number of methoxy groups -OCH3 is 2. The van der Waals surface area contributed by atoms with E-state index in [9.17, 15) is 14.7 Å². The highest BCUT2D eigenvalue weighted by Gasteiger charge is 2.22. The van der Waals surface area contributed by atoms with Crippen molar-refractivity contribution in [1.29, 1.82) is 0 Å². The highest BCUT2D eigenvalue weighted by molar-refractivity contribution is 5.97. The standard InChI is InChI=1S/C19H21NO5/c1-13-9-16(24-2)17(25-3)10-15(13)19(23)20(12-18(21)22)11-14-7-5-4-6-8-14/h4-10H,11-12H2,1-3H3,(H,21,22). The van der Waals surface area contributed by atoms with Gasteiger partial charge in [0.2, 0.25) is 0 Å². The number of carbonyl (C=O) groups excluding carboxylic acids is 1. The average Bonchev–Trinajstić information content (AvgIpc) is 2.60. The van der Waals surface area contributed by atoms with Gasteiger partial charge in [0.05, 0.1) is 14.2 Å². The minimum atomic E-state index is -1.07. The third-order valence-corrected chi connectivity index (χ3v) is 3.79. The van der Waals surface area contributed by atoms with Crippen LogP contribution < -0.4 is 9.47 Å². The van der Waals surface area contributed by atoms with Crippen LogP contribution in [0.15, 0.2) is 42.5 Å². The number of rotatable bonds is 7. The fraction of sp³-hybridized carbons (Fsp3) is 0.263. The lowest BCUT2D eigenvalue weighted by atomic mass is 10.1. The normalized spacial score (nSPS) is 10.2. The van der Waals surface area contributed by atoms with E-state index in [1.165, 1.54) is 19.1 Å². The molecular weight excluding hydrogens is 322 g/mol. The number of aliphatic carboxylic acids is 1. The second-order valence-electron chi connectivity index (χ2n) is 5.56. The SMILES string of the molecule is COc1cc(C)c(C(=O)N(CC(=O)O)Cc2ccccc2)cc1OC. The molecule has 0 radical (unpaired) electrons. The third kappa shape index (κ3) is 4.50. The van der Waals surface area contributed by atoms with Crippen molar-refractivity contribution in [2.45, 2.75) is 13.5 Å². The van der Waals surface area contributed by atoms with Crippen molar-refractivity contribution in [3.8, 4) is 11.5 Å². The number of benzene rings is 2. The van der Waals surface area contributed by atoms with Crippen molar-refractivity contribution in [2.75, 3.05) is 20.8 Å². The van der Waals surface area contributed by atoms with Gasteiger partial charge in [-0.25, -0.2) is 0 Å². The number of ether oxygens (including phenoxy) is 2. The molecule has 132 valence electrons. The fourth-order valence-corrected chi connectivity index (χ4v) is 2.55. The van der Waals surface area contributed by atoms with Crippen molar-refractivity contribution in [1.82, 2.24) is 4.90 Å². The Morgan fingerprint density at radius 3 is 2.20 bits per heavy atom. The zero-order valence-electron chi connectivity index (χ0n) is 14.5. The Morgan fingerprint density at radius 1 is 1.04 bits per heavy atom. The molecule has 1 N–H and O–H groups in total. The molecule has 25 heavy (non-hydrogen) atoms. The van der Waals surface area contributed by atoms with E-state index < -0.39 is 5.97 Å². The first-order valence-corrected chi connectivity index (χ1v) is 7.74. The van der Waals surface area contributed by atoms with Gasteiger partial charge in [0, 0.05) is 12.1 Å². The summed E-state index contributed by atoms with van der Waals surface area (Å²) in [6.07, 6.45) is 0. The van der Waals surface area contributed by atoms with Gasteiger partial charge in [-0.1, -0.05) is 30.3 Å². The molecule has 0 saturated carbocycles. The van der Waals surface area contributed by atoms with Gasteiger partial charge < -0.3 is 19.5 Å². The maximum Gasteiger partial charge on any atom is 0.323 e. The van der Waals surface area contributed by atoms with Gasteiger partial charge in [-0.15, -0.1) is 0 Å². The molecule has 0 fully saturated rings. The van der Waals surface area contributed by atoms with Crippen LogP contribution in [-0.2, 0) is 11.3 Å². The molecule has 0 saturated heterocycles. The van der Waals surface area contributed by atoms with E-state index in [4.69, 9.17) is 9.47 Å². The maximum absolute atomic E-state index is 12.9. The number of amides is 1. The predicted molar refractivity (Wildman–Crippen MR) is 93.1 cm³/mol. The van der Waals surface area contributed by atoms with Gasteiger partial charge in [0.1, 0.15) is 6.54 Å². The van der Waals surface area contributed by atoms with Gasteiger partial charge in [0.15, 0.2) is 11.5 Å². The smallest absolute Gasteiger partial charge is 0.323 e. The summed E-state index contributed by atoms with van der Waals surface area (Å²) in [6.45, 7) is 1.60. The first kappa shape index (κ1) is 18.3. The molecule has 0 heterocycles. The summed E-state index contributed by atoms with van der Waals surface area (Å²) >= 11 is 0. The molecule has 0 aliphatic heterocycles. The first-order valence-electron chi connectivity index (χ1n) is 7.74. The van der Waals surface area contributed by atoms with E-state index in [0.717, 1.165) is 5.56 Å². The van der Waals surface area contributed by atoms with Crippen LogP contribution in [0.25, 0.3) is 0 Å². The Kier molecular flexibility index (Phi) is 6.00. The Labute approximate surface area is 146 Å². The van der Waals surface area contributed by atoms with Crippen LogP contribution >= 0.6 is 0 Å². The first-order chi connectivity index (χ1) is 12.0. The number of carboxylic acids is 1. The van der Waals surface area contributed by atoms with Crippen LogP contribution in [-0.4, -0.2) is 42.6 Å². The summed E-state index contributed by atoms with van der Waals surface area (Å²) < 4.78 is 10.5. The maximum atomic E-state index is 12.9. The summed E-state index contributed by atoms with van der Waals surface area (Å²) in [5.74, 6) is -0.497. The molecule has 2 aromatic rings. The molecule has 0 unspecified atom stereocenters. The molecule has 0 aromatic heterocycles. The molecule has 6 heteroatoms. The van der Waals surface area contributed by atoms with E-state index >= 15 is 0 Å². The topological polar surface area (TPSA) is 76.1 Å². The number of hydrogen-bond donors (Lipinski definition) is 1. The Hall–Kier alpha value is -3.02. The van der Waals surface area contributed by atoms with Crippen molar-refractivity contribution in [3.05, 3.63) is 59.2 Å². The van der Waals surface area contributed by atoms with Crippen LogP contribution in [0, 0.1) is 6.92 Å². The van der Waals surface area contributed by atoms with E-state index in [2.05, 4.69) is 0 Å². The summed E-state index contributed by atoms with van der Waals surface area (Å²) in [6, 6.07) is 12.5. The second kappa shape index (κ2) is 8.19. The van der Waals surface area contributed by atoms with Crippen LogP contribution in [0.5, 0.6) is 11.5 Å². The Morgan fingerprint density at radius 2 is 1.64 bits per heavy atom. The summed E-state index contributed by atoms with van der Waals surface area (Å²) in [5, 5.41) is 9.17. The largest absolute Gasteiger partial charge is 0.493 e. The monoisotopic (exact) mass is 343 g/mol. The van der Waals surface area contributed by atoms with Crippen molar-refractivity contribution >= 4 is 11.9 Å². The van der Waals surface area contributed by atoms with Gasteiger partial charge in [-0.05, 0) is 30.2 Å². The van der Waals surface area contributed by atoms with Crippen molar-refractivity contribution in [2.24, 2.45) is 0 Å². The lowest BCUT2D eigenvalue weighted by Crippen LogP contribution is -2.35. The molecule has 2 aromatic carbocycles. The minimum Gasteiger partial charge on any atom is -0.493 e. The molecule has 0 bridgehead atoms. The fourth-order valence-electron chi connectivity index (χ4n) is 2.55. The van der Waals surface area contributed by atoms with E-state index in [1.54, 1.807) is 19.1 Å². The predicted octanol–water partition coefficient (Wildman–Crippen LogP) is 2.74. The molecule has 1 amide bonds. The van der Waals surface area contributed by atoms with Crippen LogP contribution in [0.4, 0.5) is 0 Å². The zero-order chi connectivity index (χ0) is 18.4. The molecule has 2 rings (SSSR count). The van der Waals surface area contributed by atoms with Gasteiger partial charge in [-0.2, -0.15) is 0 Å². The zero-order valence-corrected chi connectivity index (χ0v) is 14.5. The number of carboxylic acid groups (broad SMARTS) is 1. The van der Waals surface area contributed by atoms with E-state index in [-0.39, 0.29) is 19.0 Å². The number of hydrogen-bond acceptors (Lipinski definition) is 4. The highest BCUT2D eigenvalue weighted by Crippen LogP contribution is 2.31. The number of carbonyl (C=O) groups is 2. The van der Waals surface area contributed by atoms with E-state index in [1.807, 2.05) is 30.3 Å². The molecule has 0 spiro atoms. The molecule has 0 aliphatic rings. The lowest BCUT2D eigenvalue weighted by molar-refractivity contribution is -0.137. The van der Waals surface area contributed by atoms with Crippen molar-refractivity contribution in [3.63, 3.8) is 0 Å². The quantitative estimate of drug-likeness (QED) is 0.836. The van der Waals surface area contributed by atoms with Crippen molar-refractivity contribution < 1.29 is 24.2 Å². The van der Waals surface area contributed by atoms with Crippen LogP contribution in [0.1, 0.15) is 21.5 Å². The highest BCUT2D eigenvalue weighted by atomic mass is 16.5. The minimum absolute atomic E-state index is 0.208. The molecule has 6 nitrogen and oxygen atoms in total. The summed E-state index contributed by atoms with van der Waals surface area (Å²) in [4.78, 5) is 25.4. The van der Waals surface area contributed by atoms with E-state index in [0.29, 0.717) is 22.6 Å². The number of nitrogens with zero attached hydrogens (tertiary/aromatic N) is 1. The van der Waals surface area contributed by atoms with Gasteiger partial charge in [-0.3, -0.25) is 9.59 Å². The summed E-state index contributed by atoms with van der Waals surface area (Å²) in [7, 11) is 3.01. The Bertz CT molecular complexity index is 758. The van der Waals surface area contributed by atoms with Crippen LogP contribution in [0.2, 0.25) is 0 Å². The van der Waals surface area contributed by atoms with Gasteiger partial charge in [0.25, 0.3) is 5.91 Å².